The number of benzene rings is 4. The molecule has 382 valence electrons. The fourth-order valence-electron chi connectivity index (χ4n) is 8.41. The summed E-state index contributed by atoms with van der Waals surface area (Å²) in [7, 11) is 2.75. The molecule has 0 fully saturated rings. The molecule has 0 heterocycles. The van der Waals surface area contributed by atoms with E-state index in [1.165, 1.54) is 24.6 Å². The average molecular weight is 973 g/mol. The molecule has 0 spiro atoms. The van der Waals surface area contributed by atoms with Crippen LogP contribution in [-0.4, -0.2) is 84.5 Å². The van der Waals surface area contributed by atoms with Gasteiger partial charge < -0.3 is 30.7 Å². The number of nitrogens with one attached hydrogen (secondary N) is 2. The van der Waals surface area contributed by atoms with E-state index in [2.05, 4.69) is 41.8 Å². The summed E-state index contributed by atoms with van der Waals surface area (Å²) in [4.78, 5) is 98.4. The number of carbonyl (C=O) groups excluding carboxylic acids is 7. The van der Waals surface area contributed by atoms with Crippen LogP contribution in [0.2, 0.25) is 0 Å². The summed E-state index contributed by atoms with van der Waals surface area (Å²) in [6.45, 7) is 13.0. The van der Waals surface area contributed by atoms with Crippen LogP contribution in [-0.2, 0) is 46.3 Å². The molecular formula is C58H76N4O9. The monoisotopic (exact) mass is 973 g/mol. The molecule has 13 heteroatoms. The number of Topliss-reactive ketones (excluding diaryl/α,β-unsaturated/α-hetero) is 3. The molecule has 0 aliphatic carbocycles. The normalized spacial score (nSPS) is 13.4. The second-order valence-electron chi connectivity index (χ2n) is 19.8. The Hall–Kier alpha value is -6.47. The number of likely N-dealkylation sites (N-methyl/N-ethyl adjacent to an activating group) is 1. The molecule has 0 aromatic heterocycles. The van der Waals surface area contributed by atoms with Crippen LogP contribution in [0, 0.1) is 25.7 Å². The lowest BCUT2D eigenvalue weighted by molar-refractivity contribution is -0.146. The molecule has 0 bridgehead atoms. The number of aryl methyl sites for hydroxylation is 3. The van der Waals surface area contributed by atoms with Crippen molar-refractivity contribution in [2.75, 3.05) is 20.7 Å². The van der Waals surface area contributed by atoms with Crippen LogP contribution in [0.15, 0.2) is 97.1 Å². The van der Waals surface area contributed by atoms with Gasteiger partial charge in [0, 0.05) is 50.1 Å². The fraction of sp³-hybridized carbons (Fsp3) is 0.466. The lowest BCUT2D eigenvalue weighted by Gasteiger charge is -2.32. The van der Waals surface area contributed by atoms with Gasteiger partial charge >= 0.3 is 12.1 Å². The zero-order valence-corrected chi connectivity index (χ0v) is 43.3. The molecule has 4 rings (SSSR count). The molecule has 5 atom stereocenters. The molecule has 0 unspecified atom stereocenters. The third-order valence-electron chi connectivity index (χ3n) is 12.6. The van der Waals surface area contributed by atoms with Crippen molar-refractivity contribution >= 4 is 41.2 Å². The summed E-state index contributed by atoms with van der Waals surface area (Å²) in [5.41, 5.74) is 12.0. The third kappa shape index (κ3) is 18.3. The van der Waals surface area contributed by atoms with Crippen molar-refractivity contribution in [1.82, 2.24) is 15.5 Å². The second kappa shape index (κ2) is 27.8. The van der Waals surface area contributed by atoms with E-state index in [-0.39, 0.29) is 44.3 Å². The van der Waals surface area contributed by atoms with E-state index in [0.29, 0.717) is 30.5 Å². The zero-order valence-electron chi connectivity index (χ0n) is 43.3. The van der Waals surface area contributed by atoms with E-state index in [1.807, 2.05) is 62.4 Å². The first kappa shape index (κ1) is 57.1. The minimum absolute atomic E-state index is 0.0519. The first-order valence-corrected chi connectivity index (χ1v) is 25.0. The number of hydrogen-bond acceptors (Lipinski definition) is 10. The Morgan fingerprint density at radius 2 is 1.27 bits per heavy atom. The van der Waals surface area contributed by atoms with Gasteiger partial charge in [-0.2, -0.15) is 0 Å². The molecule has 0 saturated heterocycles. The second-order valence-corrected chi connectivity index (χ2v) is 19.8. The third-order valence-corrected chi connectivity index (χ3v) is 12.6. The Bertz CT molecular complexity index is 2390. The average Bonchev–Trinajstić information content (AvgIpc) is 3.34. The van der Waals surface area contributed by atoms with Gasteiger partial charge in [-0.05, 0) is 101 Å². The number of nitrogens with zero attached hydrogens (tertiary/aromatic N) is 1. The number of esters is 1. The highest BCUT2D eigenvalue weighted by molar-refractivity contribution is 5.98. The molecule has 0 saturated carbocycles. The van der Waals surface area contributed by atoms with E-state index >= 15 is 0 Å². The maximum absolute atomic E-state index is 14.8. The fourth-order valence-corrected chi connectivity index (χ4v) is 8.41. The van der Waals surface area contributed by atoms with Gasteiger partial charge in [-0.3, -0.25) is 24.0 Å². The van der Waals surface area contributed by atoms with Gasteiger partial charge in [0.1, 0.15) is 17.7 Å². The largest absolute Gasteiger partial charge is 0.467 e. The van der Waals surface area contributed by atoms with Crippen molar-refractivity contribution in [3.63, 3.8) is 0 Å². The smallest absolute Gasteiger partial charge is 0.408 e. The SMILES string of the molecule is CCCCc1ccc(-c2ccc(C(=O)CC[C@@H](NC(=O)OC(C)(C)C)C(=O)C[C@@H](CCCCN)C(=O)N(C)[C@H](C(=O)C[C@@H](C)C(=O)N[C@@H](Cc3ccc(C)cc3)C(=O)OC)c3ccc(C)cc3)cc2)cc1. The molecule has 0 radical (unpaired) electrons. The number of ketones is 3. The number of nitrogens with two attached hydrogens (primary N) is 1. The van der Waals surface area contributed by atoms with Gasteiger partial charge in [-0.15, -0.1) is 0 Å². The number of alkyl carbamates (subject to hydrolysis) is 1. The molecule has 71 heavy (non-hydrogen) atoms. The van der Waals surface area contributed by atoms with Crippen LogP contribution in [0.3, 0.4) is 0 Å². The Balaban J connectivity index is 1.55. The molecule has 4 N–H and O–H groups in total. The molecule has 0 aliphatic rings. The summed E-state index contributed by atoms with van der Waals surface area (Å²) in [5, 5.41) is 5.45. The van der Waals surface area contributed by atoms with Crippen LogP contribution in [0.4, 0.5) is 4.79 Å². The van der Waals surface area contributed by atoms with Crippen molar-refractivity contribution in [3.05, 3.63) is 130 Å². The van der Waals surface area contributed by atoms with Gasteiger partial charge in [0.25, 0.3) is 0 Å². The number of carbonyl (C=O) groups is 7. The lowest BCUT2D eigenvalue weighted by atomic mass is 9.88. The zero-order chi connectivity index (χ0) is 52.3. The van der Waals surface area contributed by atoms with Crippen LogP contribution in [0.25, 0.3) is 11.1 Å². The van der Waals surface area contributed by atoms with Crippen molar-refractivity contribution in [3.8, 4) is 11.1 Å². The molecule has 3 amide bonds. The number of ether oxygens (including phenoxy) is 2. The highest BCUT2D eigenvalue weighted by Crippen LogP contribution is 2.29. The molecule has 13 nitrogen and oxygen atoms in total. The summed E-state index contributed by atoms with van der Waals surface area (Å²) >= 11 is 0. The number of rotatable bonds is 27. The van der Waals surface area contributed by atoms with Crippen molar-refractivity contribution < 1.29 is 43.0 Å². The van der Waals surface area contributed by atoms with Gasteiger partial charge in [0.2, 0.25) is 11.8 Å². The number of unbranched alkanes of at least 4 members (excludes halogenated alkanes) is 2. The Morgan fingerprint density at radius 1 is 0.690 bits per heavy atom. The van der Waals surface area contributed by atoms with E-state index < -0.39 is 71.0 Å². The first-order valence-electron chi connectivity index (χ1n) is 25.0. The number of amides is 3. The van der Waals surface area contributed by atoms with Gasteiger partial charge in [-0.1, -0.05) is 135 Å². The highest BCUT2D eigenvalue weighted by Gasteiger charge is 2.37. The maximum Gasteiger partial charge on any atom is 0.408 e. The number of hydrogen-bond donors (Lipinski definition) is 3. The summed E-state index contributed by atoms with van der Waals surface area (Å²) in [6.07, 6.45) is 3.22. The van der Waals surface area contributed by atoms with Crippen molar-refractivity contribution in [2.24, 2.45) is 17.6 Å². The first-order chi connectivity index (χ1) is 33.7. The van der Waals surface area contributed by atoms with Crippen molar-refractivity contribution in [1.29, 1.82) is 0 Å². The number of methoxy groups -OCH3 is 1. The maximum atomic E-state index is 14.8. The summed E-state index contributed by atoms with van der Waals surface area (Å²) in [6, 6.07) is 27.1. The predicted octanol–water partition coefficient (Wildman–Crippen LogP) is 9.57. The predicted molar refractivity (Wildman–Crippen MR) is 278 cm³/mol. The van der Waals surface area contributed by atoms with Crippen LogP contribution in [0.5, 0.6) is 0 Å². The van der Waals surface area contributed by atoms with Gasteiger partial charge in [-0.25, -0.2) is 9.59 Å². The quantitative estimate of drug-likeness (QED) is 0.0295. The van der Waals surface area contributed by atoms with Gasteiger partial charge in [0.05, 0.1) is 13.2 Å². The Morgan fingerprint density at radius 3 is 1.83 bits per heavy atom. The Kier molecular flexibility index (Phi) is 22.4. The van der Waals surface area contributed by atoms with E-state index in [1.54, 1.807) is 52.0 Å². The standard InChI is InChI=1S/C58H76N4O9/c1-10-11-14-41-22-26-43(27-23-41)44-28-30-45(31-29-44)50(63)33-32-48(61-57(69)71-58(5,6)7)51(64)37-47(15-12-13-34-59)55(67)62(8)53(46-24-18-39(3)19-25-46)52(65)35-40(4)54(66)60-49(56(68)70-9)36-42-20-16-38(2)17-21-42/h16-31,40,47-49,53H,10-15,32-37,59H2,1-9H3,(H,60,66)(H,61,69)/t40-,47-,48-,49+,53+/m1/s1. The summed E-state index contributed by atoms with van der Waals surface area (Å²) < 4.78 is 10.5. The van der Waals surface area contributed by atoms with E-state index in [0.717, 1.165) is 47.1 Å². The lowest BCUT2D eigenvalue weighted by Crippen LogP contribution is -2.46. The molecule has 4 aromatic carbocycles. The van der Waals surface area contributed by atoms with Crippen LogP contribution in [0.1, 0.15) is 137 Å². The summed E-state index contributed by atoms with van der Waals surface area (Å²) in [5.74, 6) is -4.62. The molecule has 4 aromatic rings. The highest BCUT2D eigenvalue weighted by atomic mass is 16.6. The van der Waals surface area contributed by atoms with E-state index in [4.69, 9.17) is 15.2 Å². The van der Waals surface area contributed by atoms with Crippen molar-refractivity contribution in [2.45, 2.75) is 143 Å². The van der Waals surface area contributed by atoms with E-state index in [9.17, 15) is 33.6 Å². The van der Waals surface area contributed by atoms with Crippen LogP contribution >= 0.6 is 0 Å². The molecular weight excluding hydrogens is 897 g/mol. The minimum Gasteiger partial charge on any atom is -0.467 e. The topological polar surface area (TPSA) is 191 Å². The minimum atomic E-state index is -1.18. The van der Waals surface area contributed by atoms with Crippen LogP contribution < -0.4 is 16.4 Å². The Labute approximate surface area is 421 Å². The van der Waals surface area contributed by atoms with Gasteiger partial charge in [0.15, 0.2) is 17.3 Å². The molecule has 0 aliphatic heterocycles.